The van der Waals surface area contributed by atoms with Crippen LogP contribution in [-0.2, 0) is 0 Å². The molecule has 0 unspecified atom stereocenters. The molecule has 0 radical (unpaired) electrons. The molecule has 0 saturated heterocycles. The van der Waals surface area contributed by atoms with E-state index in [-0.39, 0.29) is 0 Å². The van der Waals surface area contributed by atoms with Crippen LogP contribution in [0.15, 0.2) is 59.9 Å². The van der Waals surface area contributed by atoms with Crippen molar-refractivity contribution in [3.63, 3.8) is 0 Å². The summed E-state index contributed by atoms with van der Waals surface area (Å²) in [6.45, 7) is 0.870. The van der Waals surface area contributed by atoms with Gasteiger partial charge in [-0.1, -0.05) is 0 Å². The number of thioether (sulfide) groups is 1. The molecule has 0 atom stereocenters. The van der Waals surface area contributed by atoms with Crippen molar-refractivity contribution in [1.29, 1.82) is 0 Å². The standard InChI is InChI=1S/C18H14N6OS/c1-2-12(8-19-4-1)18-21-9-14(25-18)15-10-24(6-7-26-15)17-13-3-5-20-16(13)22-11-23-17/h1-5,8-11H,6-7H2,(H,20,22,23). The van der Waals surface area contributed by atoms with Gasteiger partial charge in [0.25, 0.3) is 0 Å². The van der Waals surface area contributed by atoms with Crippen molar-refractivity contribution in [2.24, 2.45) is 0 Å². The molecule has 8 heteroatoms. The summed E-state index contributed by atoms with van der Waals surface area (Å²) in [7, 11) is 0. The minimum absolute atomic E-state index is 0.571. The number of H-pyrrole nitrogens is 1. The molecule has 5 heterocycles. The predicted molar refractivity (Wildman–Crippen MR) is 101 cm³/mol. The number of rotatable bonds is 3. The third-order valence-electron chi connectivity index (χ3n) is 4.12. The Balaban J connectivity index is 1.50. The number of aromatic nitrogens is 5. The molecule has 0 aliphatic carbocycles. The van der Waals surface area contributed by atoms with Crippen LogP contribution in [0.25, 0.3) is 27.4 Å². The minimum Gasteiger partial charge on any atom is -0.435 e. The Kier molecular flexibility index (Phi) is 3.67. The van der Waals surface area contributed by atoms with Crippen molar-refractivity contribution < 1.29 is 4.42 Å². The first-order valence-corrected chi connectivity index (χ1v) is 9.13. The van der Waals surface area contributed by atoms with Crippen molar-refractivity contribution in [3.05, 3.63) is 61.3 Å². The Morgan fingerprint density at radius 2 is 2.15 bits per heavy atom. The number of fused-ring (bicyclic) bond motifs is 1. The number of nitrogens with one attached hydrogen (secondary N) is 1. The lowest BCUT2D eigenvalue weighted by atomic mass is 10.3. The van der Waals surface area contributed by atoms with Gasteiger partial charge in [0.1, 0.15) is 17.8 Å². The van der Waals surface area contributed by atoms with E-state index in [0.717, 1.165) is 45.4 Å². The zero-order valence-electron chi connectivity index (χ0n) is 13.7. The molecule has 4 aromatic heterocycles. The van der Waals surface area contributed by atoms with E-state index in [4.69, 9.17) is 4.42 Å². The number of aromatic amines is 1. The molecule has 0 saturated carbocycles. The van der Waals surface area contributed by atoms with Crippen LogP contribution in [0.5, 0.6) is 0 Å². The molecule has 0 fully saturated rings. The number of hydrogen-bond acceptors (Lipinski definition) is 7. The molecule has 5 rings (SSSR count). The highest BCUT2D eigenvalue weighted by Gasteiger charge is 2.20. The van der Waals surface area contributed by atoms with Crippen LogP contribution < -0.4 is 4.90 Å². The second kappa shape index (κ2) is 6.30. The highest BCUT2D eigenvalue weighted by molar-refractivity contribution is 8.08. The highest BCUT2D eigenvalue weighted by Crippen LogP contribution is 2.35. The molecule has 0 amide bonds. The van der Waals surface area contributed by atoms with Gasteiger partial charge in [0.2, 0.25) is 5.89 Å². The molecule has 4 aromatic rings. The maximum Gasteiger partial charge on any atom is 0.228 e. The molecule has 1 aliphatic rings. The molecule has 0 aromatic carbocycles. The van der Waals surface area contributed by atoms with E-state index < -0.39 is 0 Å². The van der Waals surface area contributed by atoms with Gasteiger partial charge in [0, 0.05) is 37.1 Å². The summed E-state index contributed by atoms with van der Waals surface area (Å²) >= 11 is 1.75. The van der Waals surface area contributed by atoms with Crippen LogP contribution in [0.1, 0.15) is 5.76 Å². The van der Waals surface area contributed by atoms with E-state index in [9.17, 15) is 0 Å². The lowest BCUT2D eigenvalue weighted by Gasteiger charge is -2.25. The maximum atomic E-state index is 5.96. The topological polar surface area (TPSA) is 83.7 Å². The summed E-state index contributed by atoms with van der Waals surface area (Å²) in [5.41, 5.74) is 1.70. The second-order valence-electron chi connectivity index (χ2n) is 5.74. The van der Waals surface area contributed by atoms with Gasteiger partial charge in [-0.05, 0) is 18.2 Å². The van der Waals surface area contributed by atoms with E-state index in [1.807, 2.05) is 24.4 Å². The summed E-state index contributed by atoms with van der Waals surface area (Å²) < 4.78 is 5.96. The first kappa shape index (κ1) is 15.2. The van der Waals surface area contributed by atoms with Crippen LogP contribution in [-0.4, -0.2) is 37.2 Å². The van der Waals surface area contributed by atoms with Crippen LogP contribution in [0, 0.1) is 0 Å². The van der Waals surface area contributed by atoms with E-state index in [0.29, 0.717) is 5.89 Å². The monoisotopic (exact) mass is 362 g/mol. The van der Waals surface area contributed by atoms with Crippen molar-refractivity contribution in [2.45, 2.75) is 0 Å². The number of pyridine rings is 1. The quantitative estimate of drug-likeness (QED) is 0.596. The van der Waals surface area contributed by atoms with Gasteiger partial charge in [-0.3, -0.25) is 4.98 Å². The van der Waals surface area contributed by atoms with Crippen LogP contribution >= 0.6 is 11.8 Å². The Morgan fingerprint density at radius 3 is 3.08 bits per heavy atom. The number of anilines is 1. The van der Waals surface area contributed by atoms with Gasteiger partial charge in [0.15, 0.2) is 5.76 Å². The summed E-state index contributed by atoms with van der Waals surface area (Å²) in [6, 6.07) is 5.79. The second-order valence-corrected chi connectivity index (χ2v) is 6.88. The van der Waals surface area contributed by atoms with E-state index in [2.05, 4.69) is 36.0 Å². The molecule has 26 heavy (non-hydrogen) atoms. The highest BCUT2D eigenvalue weighted by atomic mass is 32.2. The fourth-order valence-corrected chi connectivity index (χ4v) is 3.84. The third kappa shape index (κ3) is 2.64. The predicted octanol–water partition coefficient (Wildman–Crippen LogP) is 3.56. The summed E-state index contributed by atoms with van der Waals surface area (Å²) in [6.07, 6.45) is 10.8. The minimum atomic E-state index is 0.571. The number of hydrogen-bond donors (Lipinski definition) is 1. The maximum absolute atomic E-state index is 5.96. The third-order valence-corrected chi connectivity index (χ3v) is 5.13. The molecule has 7 nitrogen and oxygen atoms in total. The molecule has 128 valence electrons. The van der Waals surface area contributed by atoms with Gasteiger partial charge in [-0.15, -0.1) is 11.8 Å². The average Bonchev–Trinajstić information content (AvgIpc) is 3.38. The van der Waals surface area contributed by atoms with Crippen LogP contribution in [0.2, 0.25) is 0 Å². The normalized spacial score (nSPS) is 14.6. The molecule has 0 spiro atoms. The fourth-order valence-electron chi connectivity index (χ4n) is 2.90. The molecular weight excluding hydrogens is 348 g/mol. The Hall–Kier alpha value is -3.13. The van der Waals surface area contributed by atoms with Crippen molar-refractivity contribution in [2.75, 3.05) is 17.2 Å². The number of oxazole rings is 1. The summed E-state index contributed by atoms with van der Waals surface area (Å²) in [5, 5.41) is 1.00. The smallest absolute Gasteiger partial charge is 0.228 e. The van der Waals surface area contributed by atoms with Gasteiger partial charge >= 0.3 is 0 Å². The van der Waals surface area contributed by atoms with E-state index in [1.54, 1.807) is 36.7 Å². The van der Waals surface area contributed by atoms with Gasteiger partial charge in [-0.25, -0.2) is 15.0 Å². The van der Waals surface area contributed by atoms with Crippen molar-refractivity contribution in [1.82, 2.24) is 24.9 Å². The van der Waals surface area contributed by atoms with Crippen molar-refractivity contribution >= 4 is 33.5 Å². The first-order valence-electron chi connectivity index (χ1n) is 8.14. The van der Waals surface area contributed by atoms with E-state index in [1.165, 1.54) is 0 Å². The average molecular weight is 362 g/mol. The first-order chi connectivity index (χ1) is 12.9. The van der Waals surface area contributed by atoms with E-state index >= 15 is 0 Å². The Labute approximate surface area is 153 Å². The molecule has 1 N–H and O–H groups in total. The number of nitrogens with zero attached hydrogens (tertiary/aromatic N) is 5. The zero-order valence-corrected chi connectivity index (χ0v) is 14.5. The summed E-state index contributed by atoms with van der Waals surface area (Å²) in [5.74, 6) is 3.14. The lowest BCUT2D eigenvalue weighted by Crippen LogP contribution is -2.24. The molecule has 1 aliphatic heterocycles. The Morgan fingerprint density at radius 1 is 1.15 bits per heavy atom. The zero-order chi connectivity index (χ0) is 17.3. The van der Waals surface area contributed by atoms with Crippen molar-refractivity contribution in [3.8, 4) is 11.5 Å². The largest absolute Gasteiger partial charge is 0.435 e. The SMILES string of the molecule is C1=C(c2cnc(-c3cccnc3)o2)SCCN1c1ncnc2[nH]ccc12. The Bertz CT molecular complexity index is 1090. The molecular formula is C18H14N6OS. The van der Waals surface area contributed by atoms with Crippen LogP contribution in [0.4, 0.5) is 5.82 Å². The van der Waals surface area contributed by atoms with Gasteiger partial charge in [0.05, 0.1) is 22.1 Å². The van der Waals surface area contributed by atoms with Gasteiger partial charge in [-0.2, -0.15) is 0 Å². The molecule has 0 bridgehead atoms. The fraction of sp³-hybridized carbons (Fsp3) is 0.111. The van der Waals surface area contributed by atoms with Gasteiger partial charge < -0.3 is 14.3 Å². The summed E-state index contributed by atoms with van der Waals surface area (Å²) in [4.78, 5) is 23.5. The van der Waals surface area contributed by atoms with Crippen LogP contribution in [0.3, 0.4) is 0 Å². The lowest BCUT2D eigenvalue weighted by molar-refractivity contribution is 0.563.